The highest BCUT2D eigenvalue weighted by Gasteiger charge is 2.05. The molecule has 0 aliphatic rings. The van der Waals surface area contributed by atoms with Crippen molar-refractivity contribution in [3.63, 3.8) is 0 Å². The van der Waals surface area contributed by atoms with Gasteiger partial charge < -0.3 is 15.2 Å². The molecule has 0 saturated heterocycles. The first-order valence-electron chi connectivity index (χ1n) is 6.76. The van der Waals surface area contributed by atoms with Crippen LogP contribution < -0.4 is 10.1 Å². The van der Waals surface area contributed by atoms with Crippen LogP contribution in [0.4, 0.5) is 0 Å². The third kappa shape index (κ3) is 4.49. The van der Waals surface area contributed by atoms with Crippen molar-refractivity contribution in [3.8, 4) is 5.75 Å². The Balaban J connectivity index is 1.84. The van der Waals surface area contributed by atoms with E-state index in [1.54, 1.807) is 0 Å². The maximum atomic E-state index is 11.6. The van der Waals surface area contributed by atoms with Gasteiger partial charge in [0.25, 0.3) is 5.91 Å². The first-order valence-corrected chi connectivity index (χ1v) is 6.76. The van der Waals surface area contributed by atoms with Crippen LogP contribution in [0.3, 0.4) is 0 Å². The number of rotatable bonds is 7. The Morgan fingerprint density at radius 2 is 1.86 bits per heavy atom. The average molecular weight is 287 g/mol. The van der Waals surface area contributed by atoms with Crippen molar-refractivity contribution in [1.29, 1.82) is 0 Å². The number of carboxylic acids is 1. The minimum absolute atomic E-state index is 0.0461. The van der Waals surface area contributed by atoms with Crippen LogP contribution in [0, 0.1) is 0 Å². The van der Waals surface area contributed by atoms with Crippen molar-refractivity contribution in [1.82, 2.24) is 5.32 Å². The third-order valence-electron chi connectivity index (χ3n) is 3.00. The fourth-order valence-corrected chi connectivity index (χ4v) is 1.98. The summed E-state index contributed by atoms with van der Waals surface area (Å²) in [5, 5.41) is 13.1. The molecule has 5 heteroatoms. The van der Waals surface area contributed by atoms with Crippen molar-refractivity contribution in [2.45, 2.75) is 12.8 Å². The van der Waals surface area contributed by atoms with Crippen molar-refractivity contribution < 1.29 is 19.4 Å². The zero-order chi connectivity index (χ0) is 15.1. The molecule has 0 fully saturated rings. The third-order valence-corrected chi connectivity index (χ3v) is 3.00. The van der Waals surface area contributed by atoms with Gasteiger partial charge in [-0.1, -0.05) is 36.4 Å². The summed E-state index contributed by atoms with van der Waals surface area (Å²) >= 11 is 0. The van der Waals surface area contributed by atoms with Crippen molar-refractivity contribution in [2.24, 2.45) is 0 Å². The van der Waals surface area contributed by atoms with Gasteiger partial charge in [0.1, 0.15) is 5.75 Å². The number of fused-ring (bicyclic) bond motifs is 1. The number of aliphatic carboxylic acids is 1. The van der Waals surface area contributed by atoms with Gasteiger partial charge in [0.15, 0.2) is 6.61 Å². The van der Waals surface area contributed by atoms with Crippen LogP contribution in [0.5, 0.6) is 5.75 Å². The van der Waals surface area contributed by atoms with Gasteiger partial charge in [0, 0.05) is 18.4 Å². The number of carbonyl (C=O) groups excluding carboxylic acids is 1. The topological polar surface area (TPSA) is 75.6 Å². The molecular formula is C16H17NO4. The van der Waals surface area contributed by atoms with E-state index in [-0.39, 0.29) is 18.9 Å². The van der Waals surface area contributed by atoms with E-state index in [9.17, 15) is 9.59 Å². The van der Waals surface area contributed by atoms with E-state index in [4.69, 9.17) is 9.84 Å². The molecule has 0 aliphatic carbocycles. The van der Waals surface area contributed by atoms with Gasteiger partial charge in [-0.3, -0.25) is 9.59 Å². The Hall–Kier alpha value is -2.56. The van der Waals surface area contributed by atoms with E-state index >= 15 is 0 Å². The predicted molar refractivity (Wildman–Crippen MR) is 79.3 cm³/mol. The Bertz CT molecular complexity index is 634. The number of carbonyl (C=O) groups is 2. The largest absolute Gasteiger partial charge is 0.483 e. The molecule has 2 rings (SSSR count). The molecule has 5 nitrogen and oxygen atoms in total. The van der Waals surface area contributed by atoms with Crippen LogP contribution in [0.1, 0.15) is 12.8 Å². The summed E-state index contributed by atoms with van der Waals surface area (Å²) in [7, 11) is 0. The molecule has 0 spiro atoms. The van der Waals surface area contributed by atoms with Gasteiger partial charge >= 0.3 is 5.97 Å². The van der Waals surface area contributed by atoms with Gasteiger partial charge in [-0.25, -0.2) is 0 Å². The molecule has 110 valence electrons. The number of hydrogen-bond donors (Lipinski definition) is 2. The minimum atomic E-state index is -0.865. The molecule has 0 atom stereocenters. The zero-order valence-electron chi connectivity index (χ0n) is 11.5. The highest BCUT2D eigenvalue weighted by molar-refractivity contribution is 5.88. The standard InChI is InChI=1S/C16H17NO4/c18-15(17-10-4-9-16(19)20)11-21-14-8-3-6-12-5-1-2-7-13(12)14/h1-3,5-8H,4,9-11H2,(H,17,18)(H,19,20). The Labute approximate surface area is 122 Å². The Kier molecular flexibility index (Phi) is 5.15. The van der Waals surface area contributed by atoms with Gasteiger partial charge in [-0.2, -0.15) is 0 Å². The van der Waals surface area contributed by atoms with E-state index in [2.05, 4.69) is 5.32 Å². The van der Waals surface area contributed by atoms with Gasteiger partial charge in [-0.15, -0.1) is 0 Å². The number of benzene rings is 2. The van der Waals surface area contributed by atoms with Crippen LogP contribution in [0.25, 0.3) is 10.8 Å². The maximum Gasteiger partial charge on any atom is 0.303 e. The summed E-state index contributed by atoms with van der Waals surface area (Å²) in [6.07, 6.45) is 0.458. The minimum Gasteiger partial charge on any atom is -0.483 e. The van der Waals surface area contributed by atoms with E-state index < -0.39 is 5.97 Å². The van der Waals surface area contributed by atoms with Crippen molar-refractivity contribution in [3.05, 3.63) is 42.5 Å². The lowest BCUT2D eigenvalue weighted by molar-refractivity contribution is -0.137. The highest BCUT2D eigenvalue weighted by Crippen LogP contribution is 2.24. The Morgan fingerprint density at radius 3 is 2.67 bits per heavy atom. The van der Waals surface area contributed by atoms with Crippen LogP contribution in [-0.2, 0) is 9.59 Å². The molecule has 2 N–H and O–H groups in total. The van der Waals surface area contributed by atoms with E-state index in [1.807, 2.05) is 42.5 Å². The van der Waals surface area contributed by atoms with Gasteiger partial charge in [0.2, 0.25) is 0 Å². The number of ether oxygens (including phenoxy) is 1. The highest BCUT2D eigenvalue weighted by atomic mass is 16.5. The van der Waals surface area contributed by atoms with E-state index in [0.29, 0.717) is 18.7 Å². The summed E-state index contributed by atoms with van der Waals surface area (Å²) in [5.41, 5.74) is 0. The average Bonchev–Trinajstić information content (AvgIpc) is 2.49. The molecule has 2 aromatic carbocycles. The summed E-state index contributed by atoms with van der Waals surface area (Å²) in [6.45, 7) is 0.255. The van der Waals surface area contributed by atoms with Crippen LogP contribution >= 0.6 is 0 Å². The van der Waals surface area contributed by atoms with E-state index in [1.165, 1.54) is 0 Å². The fraction of sp³-hybridized carbons (Fsp3) is 0.250. The second kappa shape index (κ2) is 7.28. The summed E-state index contributed by atoms with van der Waals surface area (Å²) in [6, 6.07) is 13.5. The van der Waals surface area contributed by atoms with Crippen LogP contribution in [0.15, 0.2) is 42.5 Å². The molecule has 2 aromatic rings. The molecule has 0 heterocycles. The van der Waals surface area contributed by atoms with Crippen LogP contribution in [-0.4, -0.2) is 30.1 Å². The lowest BCUT2D eigenvalue weighted by Gasteiger charge is -2.09. The van der Waals surface area contributed by atoms with Crippen molar-refractivity contribution >= 4 is 22.6 Å². The quantitative estimate of drug-likeness (QED) is 0.765. The molecule has 0 aromatic heterocycles. The molecule has 0 saturated carbocycles. The smallest absolute Gasteiger partial charge is 0.303 e. The SMILES string of the molecule is O=C(O)CCCNC(=O)COc1cccc2ccccc12. The summed E-state index contributed by atoms with van der Waals surface area (Å²) < 4.78 is 5.53. The van der Waals surface area contributed by atoms with Gasteiger partial charge in [0.05, 0.1) is 0 Å². The fourth-order valence-electron chi connectivity index (χ4n) is 1.98. The predicted octanol–water partition coefficient (Wildman–Crippen LogP) is 2.20. The number of amides is 1. The molecule has 0 bridgehead atoms. The second-order valence-corrected chi connectivity index (χ2v) is 4.61. The first-order chi connectivity index (χ1) is 10.2. The van der Waals surface area contributed by atoms with Gasteiger partial charge in [-0.05, 0) is 17.9 Å². The normalized spacial score (nSPS) is 10.3. The molecule has 0 radical (unpaired) electrons. The summed E-state index contributed by atoms with van der Waals surface area (Å²) in [5.74, 6) is -0.460. The number of nitrogens with one attached hydrogen (secondary N) is 1. The van der Waals surface area contributed by atoms with Crippen LogP contribution in [0.2, 0.25) is 0 Å². The van der Waals surface area contributed by atoms with Crippen molar-refractivity contribution in [2.75, 3.05) is 13.2 Å². The second-order valence-electron chi connectivity index (χ2n) is 4.61. The number of carboxylic acid groups (broad SMARTS) is 1. The molecule has 1 amide bonds. The first kappa shape index (κ1) is 14.8. The van der Waals surface area contributed by atoms with E-state index in [0.717, 1.165) is 10.8 Å². The zero-order valence-corrected chi connectivity index (χ0v) is 11.5. The molecule has 0 aliphatic heterocycles. The summed E-state index contributed by atoms with van der Waals surface area (Å²) in [4.78, 5) is 22.0. The monoisotopic (exact) mass is 287 g/mol. The maximum absolute atomic E-state index is 11.6. The number of hydrogen-bond acceptors (Lipinski definition) is 3. The molecular weight excluding hydrogens is 270 g/mol. The molecule has 0 unspecified atom stereocenters. The lowest BCUT2D eigenvalue weighted by atomic mass is 10.1. The Morgan fingerprint density at radius 1 is 1.10 bits per heavy atom. The lowest BCUT2D eigenvalue weighted by Crippen LogP contribution is -2.30. The molecule has 21 heavy (non-hydrogen) atoms.